The van der Waals surface area contributed by atoms with Gasteiger partial charge < -0.3 is 15.4 Å². The van der Waals surface area contributed by atoms with Crippen LogP contribution in [-0.4, -0.2) is 25.4 Å². The molecule has 0 aromatic carbocycles. The maximum atomic E-state index is 4.87. The number of nitrogens with zero attached hydrogens (tertiary/aromatic N) is 2. The van der Waals surface area contributed by atoms with Crippen molar-refractivity contribution in [2.24, 2.45) is 0 Å². The van der Waals surface area contributed by atoms with Crippen LogP contribution in [0.1, 0.15) is 0 Å². The second-order valence-electron chi connectivity index (χ2n) is 1.66. The van der Waals surface area contributed by atoms with E-state index in [1.807, 2.05) is 0 Å². The van der Waals surface area contributed by atoms with Gasteiger partial charge in [-0.05, 0) is 0 Å². The molecule has 0 atom stereocenters. The smallest absolute Gasteiger partial charge is 0.0919 e. The standard InChI is InChI=1S/2C3H4N2.3ClH.Co.H2O/c2*1-2-5-3-4-1;;;;;/h2*1-3H,(H,4,5);3*1H;;1H2/q;;;;;+3;/p-4. The zero-order valence-electron chi connectivity index (χ0n) is 7.27. The molecule has 0 spiro atoms. The van der Waals surface area contributed by atoms with Crippen molar-refractivity contribution in [1.29, 1.82) is 0 Å². The largest absolute Gasteiger partial charge is 0.870 e. The average Bonchev–Trinajstić information content (AvgIpc) is 2.83. The SMILES string of the molecule is [Cl][Co]([Cl])[Cl].[OH-].c1c[nH]cn1.c1c[nH]cn1. The zero-order valence-corrected chi connectivity index (χ0v) is 10.6. The van der Waals surface area contributed by atoms with Crippen LogP contribution in [-0.2, 0) is 10.9 Å². The summed E-state index contributed by atoms with van der Waals surface area (Å²) < 4.78 is 0. The van der Waals surface area contributed by atoms with Crippen molar-refractivity contribution < 1.29 is 16.4 Å². The van der Waals surface area contributed by atoms with Gasteiger partial charge in [-0.25, -0.2) is 9.97 Å². The Morgan fingerprint density at radius 3 is 1.27 bits per heavy atom. The molecule has 0 fully saturated rings. The fourth-order valence-corrected chi connectivity index (χ4v) is 0.430. The van der Waals surface area contributed by atoms with Crippen molar-refractivity contribution >= 4 is 30.4 Å². The van der Waals surface area contributed by atoms with Crippen LogP contribution in [0.4, 0.5) is 0 Å². The first-order valence-corrected chi connectivity index (χ1v) is 7.53. The Labute approximate surface area is 104 Å². The Kier molecular flexibility index (Phi) is 15.7. The summed E-state index contributed by atoms with van der Waals surface area (Å²) in [5.41, 5.74) is 0. The first-order valence-electron chi connectivity index (χ1n) is 3.23. The predicted octanol–water partition coefficient (Wildman–Crippen LogP) is 2.71. The molecule has 0 bridgehead atoms. The average molecular weight is 318 g/mol. The minimum atomic E-state index is -1.19. The third-order valence-electron chi connectivity index (χ3n) is 0.812. The van der Waals surface area contributed by atoms with E-state index in [0.29, 0.717) is 0 Å². The molecule has 0 aliphatic rings. The first-order chi connectivity index (χ1) is 6.73. The van der Waals surface area contributed by atoms with Crippen molar-refractivity contribution in [3.63, 3.8) is 0 Å². The van der Waals surface area contributed by atoms with Crippen LogP contribution in [0.2, 0.25) is 0 Å². The Bertz CT molecular complexity index is 202. The van der Waals surface area contributed by atoms with Crippen LogP contribution < -0.4 is 0 Å². The third kappa shape index (κ3) is 20.0. The summed E-state index contributed by atoms with van der Waals surface area (Å²) in [6.45, 7) is 0. The number of halogens is 3. The van der Waals surface area contributed by atoms with Gasteiger partial charge >= 0.3 is 41.4 Å². The van der Waals surface area contributed by atoms with Crippen molar-refractivity contribution in [1.82, 2.24) is 19.9 Å². The summed E-state index contributed by atoms with van der Waals surface area (Å²) in [5.74, 6) is 0. The van der Waals surface area contributed by atoms with Crippen LogP contribution >= 0.6 is 30.4 Å². The summed E-state index contributed by atoms with van der Waals surface area (Å²) in [6.07, 6.45) is 10.2. The van der Waals surface area contributed by atoms with E-state index in [9.17, 15) is 0 Å². The number of imidazole rings is 2. The predicted molar refractivity (Wildman–Crippen MR) is 56.7 cm³/mol. The van der Waals surface area contributed by atoms with Gasteiger partial charge in [0.1, 0.15) is 0 Å². The van der Waals surface area contributed by atoms with Gasteiger partial charge in [0, 0.05) is 24.8 Å². The Morgan fingerprint density at radius 1 is 0.867 bits per heavy atom. The van der Waals surface area contributed by atoms with Crippen LogP contribution in [0, 0.1) is 0 Å². The van der Waals surface area contributed by atoms with Crippen LogP contribution in [0.3, 0.4) is 0 Å². The molecule has 0 saturated heterocycles. The number of rotatable bonds is 0. The van der Waals surface area contributed by atoms with Gasteiger partial charge in [-0.3, -0.25) is 0 Å². The summed E-state index contributed by atoms with van der Waals surface area (Å²) in [7, 11) is 13.4. The van der Waals surface area contributed by atoms with Gasteiger partial charge in [-0.2, -0.15) is 0 Å². The fraction of sp³-hybridized carbons (Fsp3) is 0. The molecule has 0 aliphatic heterocycles. The van der Waals surface area contributed by atoms with E-state index in [-0.39, 0.29) is 5.48 Å². The molecule has 0 saturated carbocycles. The molecule has 3 N–H and O–H groups in total. The molecule has 0 aliphatic carbocycles. The molecular formula is C6H9Cl3CoN4O-. The molecule has 0 radical (unpaired) electrons. The van der Waals surface area contributed by atoms with E-state index in [0.717, 1.165) is 0 Å². The number of aromatic nitrogens is 4. The molecule has 2 heterocycles. The second kappa shape index (κ2) is 13.8. The maximum Gasteiger partial charge on any atom is 0.0919 e. The first kappa shape index (κ1) is 17.2. The van der Waals surface area contributed by atoms with E-state index in [4.69, 9.17) is 30.4 Å². The molecular weight excluding hydrogens is 309 g/mol. The van der Waals surface area contributed by atoms with Gasteiger partial charge in [0.15, 0.2) is 0 Å². The van der Waals surface area contributed by atoms with E-state index in [2.05, 4.69) is 19.9 Å². The topological polar surface area (TPSA) is 87.4 Å². The molecule has 0 amide bonds. The van der Waals surface area contributed by atoms with Crippen LogP contribution in [0.15, 0.2) is 37.4 Å². The number of hydrogen-bond acceptors (Lipinski definition) is 3. The minimum absolute atomic E-state index is 0. The minimum Gasteiger partial charge on any atom is -0.870 e. The molecule has 2 rings (SSSR count). The molecule has 90 valence electrons. The van der Waals surface area contributed by atoms with Crippen LogP contribution in [0.5, 0.6) is 0 Å². The Balaban J connectivity index is 0. The van der Waals surface area contributed by atoms with Gasteiger partial charge in [-0.1, -0.05) is 0 Å². The number of hydrogen-bond donors (Lipinski definition) is 2. The monoisotopic (exact) mass is 317 g/mol. The second-order valence-corrected chi connectivity index (χ2v) is 6.82. The zero-order chi connectivity index (χ0) is 10.6. The Morgan fingerprint density at radius 2 is 1.20 bits per heavy atom. The van der Waals surface area contributed by atoms with E-state index in [1.54, 1.807) is 37.4 Å². The number of nitrogens with one attached hydrogen (secondary N) is 2. The van der Waals surface area contributed by atoms with Crippen molar-refractivity contribution in [2.75, 3.05) is 0 Å². The summed E-state index contributed by atoms with van der Waals surface area (Å²) in [4.78, 5) is 12.8. The summed E-state index contributed by atoms with van der Waals surface area (Å²) in [6, 6.07) is 0. The molecule has 0 unspecified atom stereocenters. The van der Waals surface area contributed by atoms with E-state index in [1.165, 1.54) is 0 Å². The molecule has 2 aromatic rings. The van der Waals surface area contributed by atoms with Gasteiger partial charge in [0.05, 0.1) is 12.7 Å². The summed E-state index contributed by atoms with van der Waals surface area (Å²) in [5, 5.41) is 0. The molecule has 2 aromatic heterocycles. The van der Waals surface area contributed by atoms with Gasteiger partial charge in [-0.15, -0.1) is 0 Å². The Hall–Kier alpha value is -0.244. The third-order valence-corrected chi connectivity index (χ3v) is 0.812. The van der Waals surface area contributed by atoms with Crippen molar-refractivity contribution in [2.45, 2.75) is 0 Å². The van der Waals surface area contributed by atoms with E-state index < -0.39 is 10.9 Å². The molecule has 15 heavy (non-hydrogen) atoms. The quantitative estimate of drug-likeness (QED) is 0.783. The van der Waals surface area contributed by atoms with Crippen molar-refractivity contribution in [3.05, 3.63) is 37.4 Å². The van der Waals surface area contributed by atoms with Gasteiger partial charge in [0.2, 0.25) is 0 Å². The fourth-order valence-electron chi connectivity index (χ4n) is 0.430. The molecule has 5 nitrogen and oxygen atoms in total. The van der Waals surface area contributed by atoms with Crippen molar-refractivity contribution in [3.8, 4) is 0 Å². The summed E-state index contributed by atoms with van der Waals surface area (Å²) >= 11 is 0. The van der Waals surface area contributed by atoms with E-state index >= 15 is 0 Å². The van der Waals surface area contributed by atoms with Gasteiger partial charge in [0.25, 0.3) is 0 Å². The van der Waals surface area contributed by atoms with Crippen LogP contribution in [0.25, 0.3) is 0 Å². The normalized spacial score (nSPS) is 8.33. The number of H-pyrrole nitrogens is 2. The maximum absolute atomic E-state index is 4.87. The number of aromatic amines is 2. The molecule has 9 heteroatoms.